The molecule has 0 unspecified atom stereocenters. The number of anilines is 1. The monoisotopic (exact) mass is 318 g/mol. The molecule has 2 aromatic rings. The number of benzene rings is 1. The summed E-state index contributed by atoms with van der Waals surface area (Å²) in [6.07, 6.45) is 0.648. The first-order chi connectivity index (χ1) is 10.5. The number of hydrogen-bond acceptors (Lipinski definition) is 4. The zero-order valence-corrected chi connectivity index (χ0v) is 13.0. The van der Waals surface area contributed by atoms with E-state index >= 15 is 0 Å². The number of halogens is 1. The highest BCUT2D eigenvalue weighted by Crippen LogP contribution is 2.12. The maximum atomic E-state index is 11.9. The van der Waals surface area contributed by atoms with E-state index in [1.807, 2.05) is 24.3 Å². The molecule has 0 aliphatic heterocycles. The van der Waals surface area contributed by atoms with Gasteiger partial charge in [0.2, 0.25) is 0 Å². The Balaban J connectivity index is 2.25. The summed E-state index contributed by atoms with van der Waals surface area (Å²) in [6.45, 7) is 0.468. The van der Waals surface area contributed by atoms with Gasteiger partial charge in [-0.05, 0) is 24.1 Å². The smallest absolute Gasteiger partial charge is 0.332 e. The predicted octanol–water partition coefficient (Wildman–Crippen LogP) is 1.26. The van der Waals surface area contributed by atoms with Crippen molar-refractivity contribution in [2.24, 2.45) is 14.1 Å². The highest BCUT2D eigenvalue weighted by atomic mass is 35.5. The van der Waals surface area contributed by atoms with Crippen LogP contribution in [0.25, 0.3) is 0 Å². The quantitative estimate of drug-likeness (QED) is 0.920. The van der Waals surface area contributed by atoms with Gasteiger partial charge >= 0.3 is 5.69 Å². The van der Waals surface area contributed by atoms with Crippen LogP contribution in [0.2, 0.25) is 5.02 Å². The lowest BCUT2D eigenvalue weighted by molar-refractivity contribution is 0.685. The van der Waals surface area contributed by atoms with Crippen LogP contribution in [-0.4, -0.2) is 15.7 Å². The highest BCUT2D eigenvalue weighted by Gasteiger charge is 2.14. The molecule has 0 saturated heterocycles. The van der Waals surface area contributed by atoms with E-state index in [1.165, 1.54) is 18.7 Å². The number of nitrogens with one attached hydrogen (secondary N) is 1. The average Bonchev–Trinajstić information content (AvgIpc) is 2.50. The van der Waals surface area contributed by atoms with Gasteiger partial charge in [-0.3, -0.25) is 13.9 Å². The molecule has 1 aromatic heterocycles. The van der Waals surface area contributed by atoms with Gasteiger partial charge in [0, 0.05) is 25.7 Å². The SMILES string of the molecule is Cn1c(NCCc2cccc(Cl)c2)c(C#N)c(=O)n(C)c1=O. The summed E-state index contributed by atoms with van der Waals surface area (Å²) in [5.74, 6) is 0.234. The van der Waals surface area contributed by atoms with Crippen molar-refractivity contribution in [2.45, 2.75) is 6.42 Å². The molecule has 0 radical (unpaired) electrons. The molecule has 0 spiro atoms. The van der Waals surface area contributed by atoms with E-state index in [0.29, 0.717) is 18.0 Å². The number of nitriles is 1. The van der Waals surface area contributed by atoms with E-state index in [-0.39, 0.29) is 11.4 Å². The Morgan fingerprint density at radius 2 is 2.00 bits per heavy atom. The van der Waals surface area contributed by atoms with Crippen molar-refractivity contribution >= 4 is 17.4 Å². The number of rotatable bonds is 4. The van der Waals surface area contributed by atoms with Gasteiger partial charge in [0.05, 0.1) is 0 Å². The largest absolute Gasteiger partial charge is 0.370 e. The highest BCUT2D eigenvalue weighted by molar-refractivity contribution is 6.30. The van der Waals surface area contributed by atoms with E-state index in [9.17, 15) is 9.59 Å². The summed E-state index contributed by atoms with van der Waals surface area (Å²) in [7, 11) is 2.87. The van der Waals surface area contributed by atoms with Gasteiger partial charge in [-0.15, -0.1) is 0 Å². The lowest BCUT2D eigenvalue weighted by atomic mass is 10.1. The Labute approximate surface area is 132 Å². The lowest BCUT2D eigenvalue weighted by Gasteiger charge is -2.13. The predicted molar refractivity (Wildman–Crippen MR) is 85.3 cm³/mol. The fourth-order valence-electron chi connectivity index (χ4n) is 2.17. The molecule has 6 nitrogen and oxygen atoms in total. The second kappa shape index (κ2) is 6.50. The minimum Gasteiger partial charge on any atom is -0.370 e. The second-order valence-electron chi connectivity index (χ2n) is 4.85. The molecule has 7 heteroatoms. The molecule has 0 amide bonds. The summed E-state index contributed by atoms with van der Waals surface area (Å²) in [6, 6.07) is 9.27. The summed E-state index contributed by atoms with van der Waals surface area (Å²) >= 11 is 5.92. The van der Waals surface area contributed by atoms with Crippen LogP contribution < -0.4 is 16.6 Å². The van der Waals surface area contributed by atoms with Gasteiger partial charge in [-0.2, -0.15) is 5.26 Å². The molecule has 1 N–H and O–H groups in total. The summed E-state index contributed by atoms with van der Waals surface area (Å²) in [5.41, 5.74) is -0.131. The number of nitrogens with zero attached hydrogens (tertiary/aromatic N) is 3. The number of aromatic nitrogens is 2. The molecule has 0 bridgehead atoms. The molecule has 0 fully saturated rings. The second-order valence-corrected chi connectivity index (χ2v) is 5.28. The third-order valence-corrected chi connectivity index (χ3v) is 3.61. The molecule has 2 rings (SSSR count). The Morgan fingerprint density at radius 3 is 2.64 bits per heavy atom. The maximum Gasteiger partial charge on any atom is 0.332 e. The fourth-order valence-corrected chi connectivity index (χ4v) is 2.38. The van der Waals surface area contributed by atoms with Gasteiger partial charge in [-0.25, -0.2) is 4.79 Å². The van der Waals surface area contributed by atoms with Gasteiger partial charge in [0.1, 0.15) is 11.9 Å². The first-order valence-electron chi connectivity index (χ1n) is 6.64. The van der Waals surface area contributed by atoms with Crippen LogP contribution in [0.3, 0.4) is 0 Å². The molecule has 1 heterocycles. The van der Waals surface area contributed by atoms with Gasteiger partial charge in [0.25, 0.3) is 5.56 Å². The van der Waals surface area contributed by atoms with E-state index < -0.39 is 11.2 Å². The van der Waals surface area contributed by atoms with E-state index in [2.05, 4.69) is 5.32 Å². The lowest BCUT2D eigenvalue weighted by Crippen LogP contribution is -2.40. The Bertz CT molecular complexity index is 861. The first kappa shape index (κ1) is 15.9. The van der Waals surface area contributed by atoms with Crippen LogP contribution in [-0.2, 0) is 20.5 Å². The van der Waals surface area contributed by atoms with Crippen LogP contribution >= 0.6 is 11.6 Å². The van der Waals surface area contributed by atoms with Crippen molar-refractivity contribution in [1.82, 2.24) is 9.13 Å². The molecular formula is C15H15ClN4O2. The molecule has 0 atom stereocenters. The molecule has 0 aliphatic rings. The van der Waals surface area contributed by atoms with Crippen LogP contribution in [0.5, 0.6) is 0 Å². The minimum atomic E-state index is -0.601. The van der Waals surface area contributed by atoms with Crippen molar-refractivity contribution in [1.29, 1.82) is 5.26 Å². The normalized spacial score (nSPS) is 10.3. The van der Waals surface area contributed by atoms with Crippen molar-refractivity contribution in [3.05, 3.63) is 61.3 Å². The fraction of sp³-hybridized carbons (Fsp3) is 0.267. The zero-order chi connectivity index (χ0) is 16.3. The molecule has 0 aliphatic carbocycles. The molecule has 22 heavy (non-hydrogen) atoms. The summed E-state index contributed by atoms with van der Waals surface area (Å²) in [5, 5.41) is 12.8. The standard InChI is InChI=1S/C15H15ClN4O2/c1-19-13(12(9-17)14(21)20(2)15(19)22)18-7-6-10-4-3-5-11(16)8-10/h3-5,8,18H,6-7H2,1-2H3. The Hall–Kier alpha value is -2.52. The molecule has 1 aromatic carbocycles. The maximum absolute atomic E-state index is 11.9. The molecule has 0 saturated carbocycles. The van der Waals surface area contributed by atoms with E-state index in [4.69, 9.17) is 16.9 Å². The zero-order valence-electron chi connectivity index (χ0n) is 12.3. The van der Waals surface area contributed by atoms with Crippen molar-refractivity contribution in [2.75, 3.05) is 11.9 Å². The van der Waals surface area contributed by atoms with E-state index in [1.54, 1.807) is 6.07 Å². The van der Waals surface area contributed by atoms with Gasteiger partial charge in [0.15, 0.2) is 5.56 Å². The van der Waals surface area contributed by atoms with Crippen molar-refractivity contribution < 1.29 is 0 Å². The van der Waals surface area contributed by atoms with Crippen LogP contribution in [0.4, 0.5) is 5.82 Å². The summed E-state index contributed by atoms with van der Waals surface area (Å²) < 4.78 is 2.18. The summed E-state index contributed by atoms with van der Waals surface area (Å²) in [4.78, 5) is 23.9. The Morgan fingerprint density at radius 1 is 1.27 bits per heavy atom. The number of hydrogen-bond donors (Lipinski definition) is 1. The van der Waals surface area contributed by atoms with Gasteiger partial charge < -0.3 is 5.32 Å². The van der Waals surface area contributed by atoms with Crippen molar-refractivity contribution in [3.63, 3.8) is 0 Å². The molecule has 114 valence electrons. The van der Waals surface area contributed by atoms with Crippen LogP contribution in [0.1, 0.15) is 11.1 Å². The van der Waals surface area contributed by atoms with Gasteiger partial charge in [-0.1, -0.05) is 23.7 Å². The molecular weight excluding hydrogens is 304 g/mol. The average molecular weight is 319 g/mol. The van der Waals surface area contributed by atoms with Crippen molar-refractivity contribution in [3.8, 4) is 6.07 Å². The van der Waals surface area contributed by atoms with Crippen LogP contribution in [0.15, 0.2) is 33.9 Å². The van der Waals surface area contributed by atoms with Crippen LogP contribution in [0, 0.1) is 11.3 Å². The third-order valence-electron chi connectivity index (χ3n) is 3.37. The minimum absolute atomic E-state index is 0.0734. The Kier molecular flexibility index (Phi) is 4.68. The first-order valence-corrected chi connectivity index (χ1v) is 7.02. The third kappa shape index (κ3) is 3.05. The topological polar surface area (TPSA) is 79.8 Å². The van der Waals surface area contributed by atoms with E-state index in [0.717, 1.165) is 10.1 Å².